The van der Waals surface area contributed by atoms with Crippen LogP contribution in [-0.2, 0) is 6.54 Å². The molecule has 2 aromatic heterocycles. The molecule has 0 saturated carbocycles. The van der Waals surface area contributed by atoms with Gasteiger partial charge in [0.1, 0.15) is 11.5 Å². The van der Waals surface area contributed by atoms with Crippen LogP contribution in [0.4, 0.5) is 5.95 Å². The molecule has 0 spiro atoms. The minimum atomic E-state index is -0.398. The molecular formula is C8H10N6O2. The van der Waals surface area contributed by atoms with Crippen molar-refractivity contribution in [2.45, 2.75) is 13.5 Å². The van der Waals surface area contributed by atoms with Gasteiger partial charge in [-0.15, -0.1) is 5.10 Å². The first-order valence-electron chi connectivity index (χ1n) is 4.53. The average molecular weight is 222 g/mol. The molecule has 0 unspecified atom stereocenters. The maximum Gasteiger partial charge on any atom is 0.288 e. The van der Waals surface area contributed by atoms with E-state index in [-0.39, 0.29) is 18.3 Å². The Kier molecular flexibility index (Phi) is 2.54. The summed E-state index contributed by atoms with van der Waals surface area (Å²) in [7, 11) is 0. The molecule has 0 bridgehead atoms. The predicted octanol–water partition coefficient (Wildman–Crippen LogP) is -0.387. The van der Waals surface area contributed by atoms with Gasteiger partial charge in [-0.3, -0.25) is 9.89 Å². The number of nitrogens with one attached hydrogen (secondary N) is 2. The molecule has 2 heterocycles. The molecule has 0 atom stereocenters. The van der Waals surface area contributed by atoms with Crippen molar-refractivity contribution in [3.05, 3.63) is 23.3 Å². The number of anilines is 1. The number of hydrogen-bond acceptors (Lipinski definition) is 6. The number of amides is 1. The molecule has 84 valence electrons. The molecule has 0 aliphatic rings. The number of nitrogen functional groups attached to an aromatic ring is 1. The Morgan fingerprint density at radius 1 is 1.69 bits per heavy atom. The van der Waals surface area contributed by atoms with Gasteiger partial charge in [0.25, 0.3) is 5.91 Å². The average Bonchev–Trinajstić information content (AvgIpc) is 2.84. The zero-order valence-electron chi connectivity index (χ0n) is 8.52. The first-order chi connectivity index (χ1) is 7.65. The van der Waals surface area contributed by atoms with Crippen molar-refractivity contribution in [1.29, 1.82) is 0 Å². The van der Waals surface area contributed by atoms with Gasteiger partial charge in [-0.2, -0.15) is 4.98 Å². The highest BCUT2D eigenvalue weighted by atomic mass is 16.5. The molecule has 16 heavy (non-hydrogen) atoms. The first-order valence-corrected chi connectivity index (χ1v) is 4.53. The minimum Gasteiger partial charge on any atom is -0.366 e. The summed E-state index contributed by atoms with van der Waals surface area (Å²) >= 11 is 0. The van der Waals surface area contributed by atoms with Gasteiger partial charge in [0.2, 0.25) is 11.8 Å². The zero-order valence-corrected chi connectivity index (χ0v) is 8.52. The van der Waals surface area contributed by atoms with Crippen molar-refractivity contribution in [2.24, 2.45) is 0 Å². The van der Waals surface area contributed by atoms with Gasteiger partial charge in [-0.25, -0.2) is 0 Å². The van der Waals surface area contributed by atoms with E-state index in [0.29, 0.717) is 11.5 Å². The number of aryl methyl sites for hydroxylation is 1. The summed E-state index contributed by atoms with van der Waals surface area (Å²) in [4.78, 5) is 15.2. The van der Waals surface area contributed by atoms with Crippen molar-refractivity contribution >= 4 is 11.9 Å². The van der Waals surface area contributed by atoms with Crippen molar-refractivity contribution in [1.82, 2.24) is 25.7 Å². The third-order valence-electron chi connectivity index (χ3n) is 1.82. The SMILES string of the molecule is Cc1cc(CNC(=O)c2nc(N)n[nH]2)no1. The maximum absolute atomic E-state index is 11.5. The van der Waals surface area contributed by atoms with E-state index in [9.17, 15) is 4.79 Å². The summed E-state index contributed by atoms with van der Waals surface area (Å²) in [5, 5.41) is 12.3. The lowest BCUT2D eigenvalue weighted by Crippen LogP contribution is -2.24. The van der Waals surface area contributed by atoms with Gasteiger partial charge in [0, 0.05) is 6.07 Å². The van der Waals surface area contributed by atoms with Crippen molar-refractivity contribution in [2.75, 3.05) is 5.73 Å². The molecule has 0 saturated heterocycles. The quantitative estimate of drug-likeness (QED) is 0.650. The van der Waals surface area contributed by atoms with Crippen LogP contribution in [0.2, 0.25) is 0 Å². The Hall–Kier alpha value is -2.38. The van der Waals surface area contributed by atoms with Crippen molar-refractivity contribution < 1.29 is 9.32 Å². The molecule has 0 aliphatic heterocycles. The normalized spacial score (nSPS) is 10.3. The van der Waals surface area contributed by atoms with Gasteiger partial charge in [-0.05, 0) is 6.92 Å². The van der Waals surface area contributed by atoms with Crippen LogP contribution < -0.4 is 11.1 Å². The summed E-state index contributed by atoms with van der Waals surface area (Å²) in [5.74, 6) is 0.387. The molecule has 2 rings (SSSR count). The van der Waals surface area contributed by atoms with Gasteiger partial charge in [-0.1, -0.05) is 5.16 Å². The fraction of sp³-hybridized carbons (Fsp3) is 0.250. The van der Waals surface area contributed by atoms with Crippen LogP contribution in [-0.4, -0.2) is 26.2 Å². The number of nitrogens with zero attached hydrogens (tertiary/aromatic N) is 3. The van der Waals surface area contributed by atoms with Crippen LogP contribution >= 0.6 is 0 Å². The van der Waals surface area contributed by atoms with Crippen LogP contribution in [0.1, 0.15) is 22.1 Å². The Bertz CT molecular complexity index is 502. The van der Waals surface area contributed by atoms with E-state index in [1.54, 1.807) is 13.0 Å². The van der Waals surface area contributed by atoms with Crippen molar-refractivity contribution in [3.63, 3.8) is 0 Å². The van der Waals surface area contributed by atoms with Gasteiger partial charge in [0.15, 0.2) is 0 Å². The lowest BCUT2D eigenvalue weighted by molar-refractivity contribution is 0.0940. The molecule has 8 heteroatoms. The molecule has 8 nitrogen and oxygen atoms in total. The monoisotopic (exact) mass is 222 g/mol. The summed E-state index contributed by atoms with van der Waals surface area (Å²) < 4.78 is 4.85. The predicted molar refractivity (Wildman–Crippen MR) is 53.2 cm³/mol. The lowest BCUT2D eigenvalue weighted by atomic mass is 10.4. The second-order valence-electron chi connectivity index (χ2n) is 3.15. The van der Waals surface area contributed by atoms with E-state index in [1.165, 1.54) is 0 Å². The van der Waals surface area contributed by atoms with E-state index in [2.05, 4.69) is 25.7 Å². The van der Waals surface area contributed by atoms with Gasteiger partial charge < -0.3 is 15.6 Å². The second-order valence-corrected chi connectivity index (χ2v) is 3.15. The number of hydrogen-bond donors (Lipinski definition) is 3. The molecule has 0 aliphatic carbocycles. The number of aromatic nitrogens is 4. The van der Waals surface area contributed by atoms with Crippen LogP contribution in [0.3, 0.4) is 0 Å². The van der Waals surface area contributed by atoms with Crippen LogP contribution in [0.15, 0.2) is 10.6 Å². The first kappa shape index (κ1) is 10.1. The smallest absolute Gasteiger partial charge is 0.288 e. The highest BCUT2D eigenvalue weighted by Crippen LogP contribution is 2.01. The minimum absolute atomic E-state index is 0.0300. The Labute approximate surface area is 90.2 Å². The number of carbonyl (C=O) groups is 1. The zero-order chi connectivity index (χ0) is 11.5. The number of nitrogens with two attached hydrogens (primary N) is 1. The topological polar surface area (TPSA) is 123 Å². The fourth-order valence-electron chi connectivity index (χ4n) is 1.13. The Balaban J connectivity index is 1.93. The van der Waals surface area contributed by atoms with Crippen molar-refractivity contribution in [3.8, 4) is 0 Å². The summed E-state index contributed by atoms with van der Waals surface area (Å²) in [5.41, 5.74) is 5.90. The number of carbonyl (C=O) groups excluding carboxylic acids is 1. The van der Waals surface area contributed by atoms with Gasteiger partial charge in [0.05, 0.1) is 6.54 Å². The molecule has 0 radical (unpaired) electrons. The fourth-order valence-corrected chi connectivity index (χ4v) is 1.13. The largest absolute Gasteiger partial charge is 0.366 e. The third-order valence-corrected chi connectivity index (χ3v) is 1.82. The molecule has 0 fully saturated rings. The van der Waals surface area contributed by atoms with Crippen LogP contribution in [0.5, 0.6) is 0 Å². The highest BCUT2D eigenvalue weighted by Gasteiger charge is 2.10. The van der Waals surface area contributed by atoms with Crippen LogP contribution in [0.25, 0.3) is 0 Å². The van der Waals surface area contributed by atoms with E-state index < -0.39 is 5.91 Å². The molecule has 0 aromatic carbocycles. The molecule has 2 aromatic rings. The highest BCUT2D eigenvalue weighted by molar-refractivity contribution is 5.90. The molecule has 1 amide bonds. The Morgan fingerprint density at radius 2 is 2.50 bits per heavy atom. The standard InChI is InChI=1S/C8H10N6O2/c1-4-2-5(14-16-4)3-10-7(15)6-11-8(9)13-12-6/h2H,3H2,1H3,(H,10,15)(H3,9,11,12,13). The molecule has 4 N–H and O–H groups in total. The summed E-state index contributed by atoms with van der Waals surface area (Å²) in [6, 6.07) is 1.73. The summed E-state index contributed by atoms with van der Waals surface area (Å²) in [6.07, 6.45) is 0. The van der Waals surface area contributed by atoms with Gasteiger partial charge >= 0.3 is 0 Å². The third kappa shape index (κ3) is 2.16. The number of rotatable bonds is 3. The number of H-pyrrole nitrogens is 1. The second kappa shape index (κ2) is 4.01. The lowest BCUT2D eigenvalue weighted by Gasteiger charge is -1.97. The number of aromatic amines is 1. The summed E-state index contributed by atoms with van der Waals surface area (Å²) in [6.45, 7) is 2.03. The van der Waals surface area contributed by atoms with E-state index >= 15 is 0 Å². The van der Waals surface area contributed by atoms with Crippen LogP contribution in [0, 0.1) is 6.92 Å². The maximum atomic E-state index is 11.5. The van der Waals surface area contributed by atoms with E-state index in [4.69, 9.17) is 10.3 Å². The van der Waals surface area contributed by atoms with E-state index in [1.807, 2.05) is 0 Å². The van der Waals surface area contributed by atoms with E-state index in [0.717, 1.165) is 0 Å². The molecular weight excluding hydrogens is 212 g/mol. The Morgan fingerprint density at radius 3 is 3.06 bits per heavy atom.